The van der Waals surface area contributed by atoms with Crippen LogP contribution in [0.5, 0.6) is 0 Å². The molecule has 1 aromatic heterocycles. The van der Waals surface area contributed by atoms with Gasteiger partial charge < -0.3 is 9.88 Å². The molecule has 0 saturated carbocycles. The minimum Gasteiger partial charge on any atom is -0.334 e. The predicted molar refractivity (Wildman–Crippen MR) is 77.5 cm³/mol. The molecule has 108 valence electrons. The molecule has 0 spiro atoms. The summed E-state index contributed by atoms with van der Waals surface area (Å²) < 4.78 is 30.6. The summed E-state index contributed by atoms with van der Waals surface area (Å²) in [5.41, 5.74) is -0.00375. The monoisotopic (exact) mass is 343 g/mol. The Labute approximate surface area is 125 Å². The third-order valence-corrected chi connectivity index (χ3v) is 3.55. The van der Waals surface area contributed by atoms with Crippen molar-refractivity contribution in [2.75, 3.05) is 6.54 Å². The second-order valence-electron chi connectivity index (χ2n) is 4.35. The van der Waals surface area contributed by atoms with Gasteiger partial charge >= 0.3 is 0 Å². The van der Waals surface area contributed by atoms with Gasteiger partial charge in [0.15, 0.2) is 0 Å². The number of nitrogens with one attached hydrogen (secondary N) is 1. The highest BCUT2D eigenvalue weighted by Crippen LogP contribution is 2.28. The Morgan fingerprint density at radius 3 is 2.50 bits per heavy atom. The van der Waals surface area contributed by atoms with Crippen molar-refractivity contribution in [1.82, 2.24) is 14.9 Å². The maximum atomic E-state index is 14.2. The largest absolute Gasteiger partial charge is 0.334 e. The van der Waals surface area contributed by atoms with Crippen LogP contribution in [-0.2, 0) is 6.54 Å². The van der Waals surface area contributed by atoms with Gasteiger partial charge in [-0.3, -0.25) is 0 Å². The Morgan fingerprint density at radius 1 is 1.30 bits per heavy atom. The summed E-state index contributed by atoms with van der Waals surface area (Å²) in [5.74, 6) is -0.573. The van der Waals surface area contributed by atoms with E-state index in [4.69, 9.17) is 0 Å². The second kappa shape index (κ2) is 6.45. The third kappa shape index (κ3) is 2.91. The van der Waals surface area contributed by atoms with Crippen molar-refractivity contribution >= 4 is 15.9 Å². The molecular weight excluding hydrogens is 328 g/mol. The first-order valence-corrected chi connectivity index (χ1v) is 7.26. The van der Waals surface area contributed by atoms with E-state index in [1.165, 1.54) is 12.1 Å². The number of nitrogens with zero attached hydrogens (tertiary/aromatic N) is 2. The number of aromatic nitrogens is 2. The van der Waals surface area contributed by atoms with Crippen LogP contribution in [0.1, 0.15) is 31.3 Å². The fourth-order valence-corrected chi connectivity index (χ4v) is 2.61. The summed E-state index contributed by atoms with van der Waals surface area (Å²) in [7, 11) is 0. The molecule has 0 aliphatic rings. The smallest absolute Gasteiger partial charge is 0.132 e. The first kappa shape index (κ1) is 15.1. The number of aryl methyl sites for hydroxylation is 1. The normalized spacial score (nSPS) is 12.7. The van der Waals surface area contributed by atoms with Crippen molar-refractivity contribution in [3.05, 3.63) is 52.0 Å². The minimum atomic E-state index is -0.608. The number of hydrogen-bond acceptors (Lipinski definition) is 2. The summed E-state index contributed by atoms with van der Waals surface area (Å²) in [4.78, 5) is 4.24. The van der Waals surface area contributed by atoms with Gasteiger partial charge in [-0.1, -0.05) is 22.9 Å². The van der Waals surface area contributed by atoms with Gasteiger partial charge in [0.05, 0.1) is 6.04 Å². The fraction of sp³-hybridized carbons (Fsp3) is 0.357. The molecule has 1 unspecified atom stereocenters. The van der Waals surface area contributed by atoms with E-state index in [1.807, 2.05) is 18.4 Å². The quantitative estimate of drug-likeness (QED) is 0.898. The van der Waals surface area contributed by atoms with Gasteiger partial charge in [0.25, 0.3) is 0 Å². The zero-order valence-corrected chi connectivity index (χ0v) is 12.9. The SMILES string of the molecule is CCNC(c1c(F)cc(Br)cc1F)c1nccn1CC. The fourth-order valence-electron chi connectivity index (χ4n) is 2.20. The number of benzene rings is 1. The lowest BCUT2D eigenvalue weighted by molar-refractivity contribution is 0.485. The number of hydrogen-bond donors (Lipinski definition) is 1. The summed E-state index contributed by atoms with van der Waals surface area (Å²) in [5, 5.41) is 3.10. The molecule has 2 aromatic rings. The number of rotatable bonds is 5. The molecule has 0 saturated heterocycles. The molecule has 0 aliphatic heterocycles. The van der Waals surface area contributed by atoms with Crippen molar-refractivity contribution in [1.29, 1.82) is 0 Å². The van der Waals surface area contributed by atoms with Crippen molar-refractivity contribution < 1.29 is 8.78 Å². The molecule has 0 aliphatic carbocycles. The molecule has 20 heavy (non-hydrogen) atoms. The summed E-state index contributed by atoms with van der Waals surface area (Å²) in [6.45, 7) is 5.12. The number of halogens is 3. The molecule has 0 fully saturated rings. The van der Waals surface area contributed by atoms with Crippen molar-refractivity contribution in [2.45, 2.75) is 26.4 Å². The highest BCUT2D eigenvalue weighted by molar-refractivity contribution is 9.10. The number of imidazole rings is 1. The maximum absolute atomic E-state index is 14.2. The average molecular weight is 344 g/mol. The van der Waals surface area contributed by atoms with Crippen LogP contribution in [0.25, 0.3) is 0 Å². The Kier molecular flexibility index (Phi) is 4.88. The first-order valence-electron chi connectivity index (χ1n) is 6.47. The zero-order valence-electron chi connectivity index (χ0n) is 11.3. The highest BCUT2D eigenvalue weighted by atomic mass is 79.9. The molecule has 2 rings (SSSR count). The van der Waals surface area contributed by atoms with E-state index in [0.29, 0.717) is 23.4 Å². The van der Waals surface area contributed by atoms with Crippen LogP contribution >= 0.6 is 15.9 Å². The summed E-state index contributed by atoms with van der Waals surface area (Å²) in [6.07, 6.45) is 3.44. The molecule has 0 bridgehead atoms. The standard InChI is InChI=1S/C14H16BrF2N3/c1-3-18-13(14-19-5-6-20(14)4-2)12-10(16)7-9(15)8-11(12)17/h5-8,13,18H,3-4H2,1-2H3. The van der Waals surface area contributed by atoms with Gasteiger partial charge in [-0.15, -0.1) is 0 Å². The van der Waals surface area contributed by atoms with Crippen LogP contribution in [0.4, 0.5) is 8.78 Å². The lowest BCUT2D eigenvalue weighted by Crippen LogP contribution is -2.27. The van der Waals surface area contributed by atoms with E-state index in [2.05, 4.69) is 26.2 Å². The van der Waals surface area contributed by atoms with Crippen molar-refractivity contribution in [2.24, 2.45) is 0 Å². The van der Waals surface area contributed by atoms with Crippen LogP contribution < -0.4 is 5.32 Å². The Morgan fingerprint density at radius 2 is 1.95 bits per heavy atom. The van der Waals surface area contributed by atoms with Crippen LogP contribution in [0.3, 0.4) is 0 Å². The third-order valence-electron chi connectivity index (χ3n) is 3.09. The van der Waals surface area contributed by atoms with Crippen LogP contribution in [0, 0.1) is 11.6 Å². The molecule has 0 radical (unpaired) electrons. The van der Waals surface area contributed by atoms with Gasteiger partial charge in [0.2, 0.25) is 0 Å². The summed E-state index contributed by atoms with van der Waals surface area (Å²) >= 11 is 3.09. The first-order chi connectivity index (χ1) is 9.58. The Hall–Kier alpha value is -1.27. The van der Waals surface area contributed by atoms with Gasteiger partial charge in [0.1, 0.15) is 17.5 Å². The van der Waals surface area contributed by atoms with E-state index >= 15 is 0 Å². The molecule has 1 aromatic carbocycles. The molecule has 1 heterocycles. The van der Waals surface area contributed by atoms with E-state index in [9.17, 15) is 8.78 Å². The lowest BCUT2D eigenvalue weighted by Gasteiger charge is -2.20. The molecule has 1 N–H and O–H groups in total. The highest BCUT2D eigenvalue weighted by Gasteiger charge is 2.25. The van der Waals surface area contributed by atoms with Crippen LogP contribution in [0.15, 0.2) is 29.0 Å². The van der Waals surface area contributed by atoms with E-state index < -0.39 is 17.7 Å². The van der Waals surface area contributed by atoms with Crippen LogP contribution in [0.2, 0.25) is 0 Å². The van der Waals surface area contributed by atoms with Gasteiger partial charge in [-0.25, -0.2) is 13.8 Å². The van der Waals surface area contributed by atoms with Crippen LogP contribution in [-0.4, -0.2) is 16.1 Å². The summed E-state index contributed by atoms with van der Waals surface area (Å²) in [6, 6.07) is 1.92. The van der Waals surface area contributed by atoms with Gasteiger partial charge in [0, 0.05) is 29.0 Å². The topological polar surface area (TPSA) is 29.9 Å². The molecule has 0 amide bonds. The van der Waals surface area contributed by atoms with Gasteiger partial charge in [-0.05, 0) is 25.6 Å². The van der Waals surface area contributed by atoms with Gasteiger partial charge in [-0.2, -0.15) is 0 Å². The van der Waals surface area contributed by atoms with Crippen molar-refractivity contribution in [3.63, 3.8) is 0 Å². The predicted octanol–water partition coefficient (Wildman–Crippen LogP) is 3.64. The molecule has 3 nitrogen and oxygen atoms in total. The molecule has 6 heteroatoms. The second-order valence-corrected chi connectivity index (χ2v) is 5.26. The Bertz CT molecular complexity index is 575. The zero-order chi connectivity index (χ0) is 14.7. The van der Waals surface area contributed by atoms with E-state index in [1.54, 1.807) is 12.4 Å². The minimum absolute atomic E-state index is 0.00375. The molecule has 1 atom stereocenters. The lowest BCUT2D eigenvalue weighted by atomic mass is 10.0. The van der Waals surface area contributed by atoms with Crippen molar-refractivity contribution in [3.8, 4) is 0 Å². The average Bonchev–Trinajstić information content (AvgIpc) is 2.84. The maximum Gasteiger partial charge on any atom is 0.132 e. The van der Waals surface area contributed by atoms with E-state index in [0.717, 1.165) is 0 Å². The van der Waals surface area contributed by atoms with E-state index in [-0.39, 0.29) is 5.56 Å². The Balaban J connectivity index is 2.54. The molecular formula is C14H16BrF2N3.